The van der Waals surface area contributed by atoms with Crippen molar-refractivity contribution in [2.75, 3.05) is 0 Å². The number of hydrogen-bond acceptors (Lipinski definition) is 1. The monoisotopic (exact) mass is 657 g/mol. The molecule has 1 atom stereocenters. The van der Waals surface area contributed by atoms with Crippen LogP contribution in [0.1, 0.15) is 92.1 Å². The summed E-state index contributed by atoms with van der Waals surface area (Å²) in [5.74, 6) is 0. The van der Waals surface area contributed by atoms with Crippen molar-refractivity contribution in [3.8, 4) is 44.5 Å². The number of fused-ring (bicyclic) bond motifs is 9. The molecule has 0 aromatic heterocycles. The van der Waals surface area contributed by atoms with Gasteiger partial charge in [-0.3, -0.25) is 0 Å². The van der Waals surface area contributed by atoms with Crippen molar-refractivity contribution in [3.63, 3.8) is 0 Å². The number of dihydropyridines is 1. The van der Waals surface area contributed by atoms with E-state index in [0.717, 1.165) is 0 Å². The normalized spacial score (nSPS) is 18.9. The van der Waals surface area contributed by atoms with Gasteiger partial charge in [0.25, 0.3) is 0 Å². The molecule has 0 bridgehead atoms. The molecular weight excluding hydrogens is 615 g/mol. The molecule has 1 aliphatic heterocycles. The molecule has 0 spiro atoms. The van der Waals surface area contributed by atoms with E-state index in [1.807, 2.05) is 0 Å². The van der Waals surface area contributed by atoms with Crippen LogP contribution in [0.2, 0.25) is 0 Å². The Balaban J connectivity index is 0.948. The van der Waals surface area contributed by atoms with Gasteiger partial charge in [0, 0.05) is 21.9 Å². The number of nitrogens with one attached hydrogen (secondary N) is 1. The molecule has 1 N–H and O–H groups in total. The summed E-state index contributed by atoms with van der Waals surface area (Å²) < 4.78 is 0. The van der Waals surface area contributed by atoms with Crippen molar-refractivity contribution in [1.29, 1.82) is 0 Å². The third-order valence-corrected chi connectivity index (χ3v) is 12.7. The summed E-state index contributed by atoms with van der Waals surface area (Å²) >= 11 is 0. The Morgan fingerprint density at radius 2 is 0.824 bits per heavy atom. The van der Waals surface area contributed by atoms with Crippen molar-refractivity contribution < 1.29 is 0 Å². The minimum absolute atomic E-state index is 0.00971. The third kappa shape index (κ3) is 4.21. The lowest BCUT2D eigenvalue weighted by atomic mass is 9.80. The highest BCUT2D eigenvalue weighted by molar-refractivity contribution is 5.87. The predicted octanol–water partition coefficient (Wildman–Crippen LogP) is 12.5. The molecule has 10 rings (SSSR count). The first-order chi connectivity index (χ1) is 24.5. The van der Waals surface area contributed by atoms with Crippen LogP contribution in [0.4, 0.5) is 0 Å². The van der Waals surface area contributed by atoms with Gasteiger partial charge < -0.3 is 5.32 Å². The van der Waals surface area contributed by atoms with Gasteiger partial charge in [-0.2, -0.15) is 0 Å². The molecular formula is C50H43N. The standard InChI is InChI=1S/C50H43N/c1-48(2)40-14-9-7-12-34(40)36-22-18-30(26-42(36)48)31-19-23-38-39-25-21-33(29-45(39)50(5,6)43(38)27-31)47-17-11-16-46(51-47)32-20-24-37-35-13-8-10-15-41(35)49(3,4)44(37)28-32/h7-29,47,51H,1-6H3. The number of benzene rings is 6. The van der Waals surface area contributed by atoms with E-state index in [1.165, 1.54) is 94.7 Å². The molecule has 6 aromatic carbocycles. The average molecular weight is 658 g/mol. The highest BCUT2D eigenvalue weighted by atomic mass is 14.9. The van der Waals surface area contributed by atoms with Gasteiger partial charge in [0.15, 0.2) is 0 Å². The van der Waals surface area contributed by atoms with Crippen molar-refractivity contribution in [2.45, 2.75) is 63.8 Å². The molecule has 51 heavy (non-hydrogen) atoms. The Morgan fingerprint density at radius 3 is 1.37 bits per heavy atom. The molecule has 248 valence electrons. The number of rotatable bonds is 3. The number of hydrogen-bond donors (Lipinski definition) is 1. The van der Waals surface area contributed by atoms with Gasteiger partial charge in [-0.25, -0.2) is 0 Å². The zero-order valence-electron chi connectivity index (χ0n) is 30.4. The van der Waals surface area contributed by atoms with Crippen molar-refractivity contribution in [1.82, 2.24) is 5.32 Å². The molecule has 1 unspecified atom stereocenters. The zero-order chi connectivity index (χ0) is 34.9. The van der Waals surface area contributed by atoms with E-state index >= 15 is 0 Å². The summed E-state index contributed by atoms with van der Waals surface area (Å²) in [5, 5.41) is 3.90. The van der Waals surface area contributed by atoms with Crippen LogP contribution in [-0.4, -0.2) is 0 Å². The van der Waals surface area contributed by atoms with Gasteiger partial charge in [-0.05, 0) is 113 Å². The second kappa shape index (κ2) is 10.3. The van der Waals surface area contributed by atoms with E-state index < -0.39 is 0 Å². The summed E-state index contributed by atoms with van der Waals surface area (Å²) in [4.78, 5) is 0. The minimum atomic E-state index is -0.111. The zero-order valence-corrected chi connectivity index (χ0v) is 30.4. The predicted molar refractivity (Wildman–Crippen MR) is 214 cm³/mol. The maximum Gasteiger partial charge on any atom is 0.0701 e. The lowest BCUT2D eigenvalue weighted by Crippen LogP contribution is -2.22. The summed E-state index contributed by atoms with van der Waals surface area (Å²) in [6.45, 7) is 14.2. The van der Waals surface area contributed by atoms with E-state index in [-0.39, 0.29) is 22.3 Å². The van der Waals surface area contributed by atoms with Crippen LogP contribution in [0.5, 0.6) is 0 Å². The smallest absolute Gasteiger partial charge is 0.0701 e. The summed E-state index contributed by atoms with van der Waals surface area (Å²) in [6, 6.07) is 46.3. The first-order valence-corrected chi connectivity index (χ1v) is 18.5. The SMILES string of the molecule is CC1(C)c2ccccc2-c2ccc(C3=CC=CC(c4ccc5c(c4)C(C)(C)c4cc(-c6ccc7c(c6)C(C)(C)c6ccccc6-7)ccc4-5)N3)cc21. The fraction of sp³-hybridized carbons (Fsp3) is 0.200. The second-order valence-electron chi connectivity index (χ2n) is 16.6. The van der Waals surface area contributed by atoms with Gasteiger partial charge in [-0.1, -0.05) is 157 Å². The highest BCUT2D eigenvalue weighted by Crippen LogP contribution is 2.53. The van der Waals surface area contributed by atoms with Crippen LogP contribution in [0.25, 0.3) is 50.2 Å². The van der Waals surface area contributed by atoms with E-state index in [9.17, 15) is 0 Å². The molecule has 3 aliphatic carbocycles. The van der Waals surface area contributed by atoms with Gasteiger partial charge in [-0.15, -0.1) is 0 Å². The fourth-order valence-electron chi connectivity index (χ4n) is 9.78. The van der Waals surface area contributed by atoms with Gasteiger partial charge in [0.05, 0.1) is 6.04 Å². The Kier molecular flexibility index (Phi) is 6.16. The van der Waals surface area contributed by atoms with Gasteiger partial charge >= 0.3 is 0 Å². The van der Waals surface area contributed by atoms with Crippen LogP contribution in [0.3, 0.4) is 0 Å². The molecule has 1 nitrogen and oxygen atoms in total. The maximum atomic E-state index is 3.90. The summed E-state index contributed by atoms with van der Waals surface area (Å²) in [6.07, 6.45) is 6.74. The van der Waals surface area contributed by atoms with Crippen molar-refractivity contribution >= 4 is 5.70 Å². The lowest BCUT2D eigenvalue weighted by molar-refractivity contribution is 0.656. The van der Waals surface area contributed by atoms with Crippen molar-refractivity contribution in [2.24, 2.45) is 0 Å². The number of allylic oxidation sites excluding steroid dienone is 2. The molecule has 0 fully saturated rings. The average Bonchev–Trinajstić information content (AvgIpc) is 3.63. The molecule has 6 aromatic rings. The maximum absolute atomic E-state index is 3.90. The molecule has 1 heteroatoms. The first kappa shape index (κ1) is 30.4. The van der Waals surface area contributed by atoms with E-state index in [4.69, 9.17) is 0 Å². The molecule has 0 radical (unpaired) electrons. The lowest BCUT2D eigenvalue weighted by Gasteiger charge is -2.27. The molecule has 4 aliphatic rings. The Morgan fingerprint density at radius 1 is 0.412 bits per heavy atom. The van der Waals surface area contributed by atoms with E-state index in [0.29, 0.717) is 0 Å². The first-order valence-electron chi connectivity index (χ1n) is 18.5. The van der Waals surface area contributed by atoms with Gasteiger partial charge in [0.1, 0.15) is 0 Å². The van der Waals surface area contributed by atoms with Gasteiger partial charge in [0.2, 0.25) is 0 Å². The largest absolute Gasteiger partial charge is 0.374 e. The van der Waals surface area contributed by atoms with Crippen LogP contribution in [0, 0.1) is 0 Å². The minimum Gasteiger partial charge on any atom is -0.374 e. The Bertz CT molecular complexity index is 2530. The fourth-order valence-corrected chi connectivity index (χ4v) is 9.78. The van der Waals surface area contributed by atoms with E-state index in [1.54, 1.807) is 0 Å². The molecule has 0 saturated carbocycles. The van der Waals surface area contributed by atoms with Crippen LogP contribution >= 0.6 is 0 Å². The third-order valence-electron chi connectivity index (χ3n) is 12.7. The Hall–Kier alpha value is -5.40. The van der Waals surface area contributed by atoms with Crippen molar-refractivity contribution in [3.05, 3.63) is 184 Å². The summed E-state index contributed by atoms with van der Waals surface area (Å²) in [7, 11) is 0. The molecule has 0 saturated heterocycles. The Labute approximate surface area is 302 Å². The molecule has 0 amide bonds. The topological polar surface area (TPSA) is 12.0 Å². The van der Waals surface area contributed by atoms with Crippen LogP contribution in [0.15, 0.2) is 140 Å². The molecule has 1 heterocycles. The second-order valence-corrected chi connectivity index (χ2v) is 16.6. The highest BCUT2D eigenvalue weighted by Gasteiger charge is 2.38. The van der Waals surface area contributed by atoms with Crippen LogP contribution in [-0.2, 0) is 16.2 Å². The quantitative estimate of drug-likeness (QED) is 0.200. The van der Waals surface area contributed by atoms with E-state index in [2.05, 4.69) is 186 Å². The summed E-state index contributed by atoms with van der Waals surface area (Å²) in [5.41, 5.74) is 22.8. The van der Waals surface area contributed by atoms with Crippen LogP contribution < -0.4 is 5.32 Å².